The Morgan fingerprint density at radius 3 is 3.00 bits per heavy atom. The summed E-state index contributed by atoms with van der Waals surface area (Å²) >= 11 is 3.35. The van der Waals surface area contributed by atoms with Crippen LogP contribution < -0.4 is 5.32 Å². The summed E-state index contributed by atoms with van der Waals surface area (Å²) in [5.41, 5.74) is 1.70. The summed E-state index contributed by atoms with van der Waals surface area (Å²) in [6, 6.07) is 0.646. The van der Waals surface area contributed by atoms with Gasteiger partial charge in [0.25, 0.3) is 0 Å². The van der Waals surface area contributed by atoms with Crippen LogP contribution in [0.15, 0.2) is 9.85 Å². The Bertz CT molecular complexity index is 337. The smallest absolute Gasteiger partial charge is 0.174 e. The minimum atomic E-state index is -0.0666. The zero-order valence-electron chi connectivity index (χ0n) is 10.8. The molecule has 18 heavy (non-hydrogen) atoms. The molecule has 6 heteroatoms. The molecule has 2 N–H and O–H groups in total. The maximum atomic E-state index is 9.65. The summed E-state index contributed by atoms with van der Waals surface area (Å²) in [5, 5.41) is 21.1. The van der Waals surface area contributed by atoms with Crippen LogP contribution in [0.1, 0.15) is 39.0 Å². The highest BCUT2D eigenvalue weighted by Gasteiger charge is 2.33. The van der Waals surface area contributed by atoms with Crippen molar-refractivity contribution in [1.82, 2.24) is 15.5 Å². The lowest BCUT2D eigenvalue weighted by atomic mass is 9.91. The molecule has 1 aromatic heterocycles. The summed E-state index contributed by atoms with van der Waals surface area (Å²) < 4.78 is 1.04. The van der Waals surface area contributed by atoms with Gasteiger partial charge < -0.3 is 10.4 Å². The number of aliphatic hydroxyl groups is 1. The van der Waals surface area contributed by atoms with Crippen molar-refractivity contribution in [3.63, 3.8) is 0 Å². The zero-order valence-corrected chi connectivity index (χ0v) is 12.4. The number of aliphatic hydroxyl groups excluding tert-OH is 1. The Morgan fingerprint density at radius 2 is 2.44 bits per heavy atom. The van der Waals surface area contributed by atoms with E-state index in [4.69, 9.17) is 0 Å². The topological polar surface area (TPSA) is 58.0 Å². The first-order chi connectivity index (χ1) is 8.78. The Kier molecular flexibility index (Phi) is 5.41. The summed E-state index contributed by atoms with van der Waals surface area (Å²) in [6.07, 6.45) is 5.65. The Morgan fingerprint density at radius 1 is 1.61 bits per heavy atom. The maximum Gasteiger partial charge on any atom is 0.174 e. The van der Waals surface area contributed by atoms with E-state index in [1.165, 1.54) is 12.8 Å². The number of hydrogen-bond acceptors (Lipinski definition) is 6. The van der Waals surface area contributed by atoms with E-state index in [9.17, 15) is 5.11 Å². The third-order valence-corrected chi connectivity index (χ3v) is 5.38. The fraction of sp³-hybridized carbons (Fsp3) is 0.833. The van der Waals surface area contributed by atoms with Crippen molar-refractivity contribution in [2.24, 2.45) is 0 Å². The van der Waals surface area contributed by atoms with Crippen molar-refractivity contribution in [2.45, 2.75) is 54.9 Å². The Balaban J connectivity index is 1.71. The molecule has 102 valence electrons. The second-order valence-electron chi connectivity index (χ2n) is 4.87. The van der Waals surface area contributed by atoms with E-state index in [1.807, 2.05) is 0 Å². The van der Waals surface area contributed by atoms with Crippen LogP contribution in [0.5, 0.6) is 0 Å². The quantitative estimate of drug-likeness (QED) is 0.539. The van der Waals surface area contributed by atoms with E-state index >= 15 is 0 Å². The van der Waals surface area contributed by atoms with E-state index in [0.29, 0.717) is 6.04 Å². The van der Waals surface area contributed by atoms with Gasteiger partial charge in [-0.2, -0.15) is 0 Å². The first kappa shape index (κ1) is 14.2. The molecule has 2 rings (SSSR count). The van der Waals surface area contributed by atoms with Gasteiger partial charge in [0, 0.05) is 17.3 Å². The molecule has 1 aliphatic rings. The normalized spacial score (nSPS) is 18.8. The van der Waals surface area contributed by atoms with Crippen molar-refractivity contribution in [3.05, 3.63) is 5.51 Å². The van der Waals surface area contributed by atoms with E-state index < -0.39 is 0 Å². The van der Waals surface area contributed by atoms with Gasteiger partial charge in [-0.05, 0) is 32.1 Å². The number of nitrogens with zero attached hydrogens (tertiary/aromatic N) is 2. The third kappa shape index (κ3) is 4.19. The van der Waals surface area contributed by atoms with Crippen LogP contribution in [0.25, 0.3) is 0 Å². The van der Waals surface area contributed by atoms with Crippen molar-refractivity contribution in [1.29, 1.82) is 0 Å². The minimum Gasteiger partial charge on any atom is -0.394 e. The molecule has 1 aromatic rings. The fourth-order valence-electron chi connectivity index (χ4n) is 2.04. The predicted octanol–water partition coefficient (Wildman–Crippen LogP) is 2.30. The van der Waals surface area contributed by atoms with Gasteiger partial charge in [0.05, 0.1) is 6.61 Å². The van der Waals surface area contributed by atoms with Crippen LogP contribution in [-0.2, 0) is 0 Å². The van der Waals surface area contributed by atoms with Crippen LogP contribution >= 0.6 is 23.1 Å². The summed E-state index contributed by atoms with van der Waals surface area (Å²) in [6.45, 7) is 2.40. The number of aromatic nitrogens is 2. The summed E-state index contributed by atoms with van der Waals surface area (Å²) in [7, 11) is 0. The SMILES string of the molecule is CCC(CO)(CCCSc1nncs1)NC1CC1. The van der Waals surface area contributed by atoms with Gasteiger partial charge in [0.15, 0.2) is 4.34 Å². The average molecular weight is 287 g/mol. The molecule has 1 atom stereocenters. The zero-order chi connectivity index (χ0) is 12.8. The number of hydrogen-bond donors (Lipinski definition) is 2. The molecule has 1 aliphatic carbocycles. The summed E-state index contributed by atoms with van der Waals surface area (Å²) in [5.74, 6) is 1.04. The number of nitrogens with one attached hydrogen (secondary N) is 1. The van der Waals surface area contributed by atoms with Gasteiger partial charge in [0.1, 0.15) is 5.51 Å². The van der Waals surface area contributed by atoms with Crippen LogP contribution in [-0.4, -0.2) is 39.2 Å². The van der Waals surface area contributed by atoms with Crippen LogP contribution in [0, 0.1) is 0 Å². The second-order valence-corrected chi connectivity index (χ2v) is 7.04. The molecule has 0 aromatic carbocycles. The Labute approximate surface area is 117 Å². The monoisotopic (exact) mass is 287 g/mol. The molecule has 0 radical (unpaired) electrons. The molecule has 4 nitrogen and oxygen atoms in total. The highest BCUT2D eigenvalue weighted by Crippen LogP contribution is 2.28. The molecule has 0 spiro atoms. The summed E-state index contributed by atoms with van der Waals surface area (Å²) in [4.78, 5) is 0. The first-order valence-corrected chi connectivity index (χ1v) is 8.42. The van der Waals surface area contributed by atoms with Gasteiger partial charge in [-0.1, -0.05) is 30.0 Å². The standard InChI is InChI=1S/C12H21N3OS2/c1-2-12(8-16,14-10-4-5-10)6-3-7-17-11-15-13-9-18-11/h9-10,14,16H,2-8H2,1H3. The fourth-order valence-corrected chi connectivity index (χ4v) is 3.54. The van der Waals surface area contributed by atoms with E-state index in [2.05, 4.69) is 22.4 Å². The molecule has 0 bridgehead atoms. The minimum absolute atomic E-state index is 0.0666. The molecule has 1 unspecified atom stereocenters. The van der Waals surface area contributed by atoms with Gasteiger partial charge >= 0.3 is 0 Å². The van der Waals surface area contributed by atoms with Crippen LogP contribution in [0.2, 0.25) is 0 Å². The number of thioether (sulfide) groups is 1. The molecule has 0 saturated heterocycles. The third-order valence-electron chi connectivity index (χ3n) is 3.43. The molecule has 1 heterocycles. The van der Waals surface area contributed by atoms with Crippen LogP contribution in [0.3, 0.4) is 0 Å². The Hall–Kier alpha value is -0.170. The van der Waals surface area contributed by atoms with E-state index in [1.54, 1.807) is 28.6 Å². The first-order valence-electron chi connectivity index (χ1n) is 6.55. The van der Waals surface area contributed by atoms with Crippen molar-refractivity contribution in [2.75, 3.05) is 12.4 Å². The molecule has 1 fully saturated rings. The molecule has 0 aliphatic heterocycles. The van der Waals surface area contributed by atoms with Crippen molar-refractivity contribution >= 4 is 23.1 Å². The predicted molar refractivity (Wildman–Crippen MR) is 76.1 cm³/mol. The molecule has 1 saturated carbocycles. The van der Waals surface area contributed by atoms with Gasteiger partial charge in [-0.3, -0.25) is 0 Å². The molecular weight excluding hydrogens is 266 g/mol. The highest BCUT2D eigenvalue weighted by atomic mass is 32.2. The lowest BCUT2D eigenvalue weighted by Crippen LogP contribution is -2.49. The lowest BCUT2D eigenvalue weighted by Gasteiger charge is -2.32. The van der Waals surface area contributed by atoms with E-state index in [0.717, 1.165) is 29.4 Å². The number of rotatable bonds is 9. The largest absolute Gasteiger partial charge is 0.394 e. The average Bonchev–Trinajstić information content (AvgIpc) is 3.05. The van der Waals surface area contributed by atoms with Crippen LogP contribution in [0.4, 0.5) is 0 Å². The highest BCUT2D eigenvalue weighted by molar-refractivity contribution is 8.00. The van der Waals surface area contributed by atoms with Crippen molar-refractivity contribution < 1.29 is 5.11 Å². The maximum absolute atomic E-state index is 9.65. The van der Waals surface area contributed by atoms with E-state index in [-0.39, 0.29) is 12.1 Å². The molecule has 0 amide bonds. The van der Waals surface area contributed by atoms with Gasteiger partial charge in [-0.15, -0.1) is 10.2 Å². The van der Waals surface area contributed by atoms with Gasteiger partial charge in [-0.25, -0.2) is 0 Å². The molecular formula is C12H21N3OS2. The van der Waals surface area contributed by atoms with Crippen molar-refractivity contribution in [3.8, 4) is 0 Å². The second kappa shape index (κ2) is 6.84. The van der Waals surface area contributed by atoms with Gasteiger partial charge in [0.2, 0.25) is 0 Å². The lowest BCUT2D eigenvalue weighted by molar-refractivity contribution is 0.144.